The van der Waals surface area contributed by atoms with E-state index in [1.807, 2.05) is 0 Å². The molecule has 2 fully saturated rings. The number of nitrogens with zero attached hydrogens (tertiary/aromatic N) is 2. The zero-order valence-electron chi connectivity index (χ0n) is 13.6. The highest BCUT2D eigenvalue weighted by atomic mass is 16.3. The molecule has 0 aromatic carbocycles. The van der Waals surface area contributed by atoms with Crippen LogP contribution in [0.1, 0.15) is 46.0 Å². The van der Waals surface area contributed by atoms with Crippen molar-refractivity contribution >= 4 is 0 Å². The van der Waals surface area contributed by atoms with Crippen molar-refractivity contribution in [3.63, 3.8) is 0 Å². The van der Waals surface area contributed by atoms with Crippen molar-refractivity contribution in [2.75, 3.05) is 39.8 Å². The third-order valence-corrected chi connectivity index (χ3v) is 5.46. The summed E-state index contributed by atoms with van der Waals surface area (Å²) < 4.78 is 0. The van der Waals surface area contributed by atoms with Gasteiger partial charge in [-0.3, -0.25) is 4.90 Å². The molecule has 3 unspecified atom stereocenters. The van der Waals surface area contributed by atoms with Gasteiger partial charge in [-0.2, -0.15) is 0 Å². The smallest absolute Gasteiger partial charge is 0.0613 e. The average molecular weight is 283 g/mol. The van der Waals surface area contributed by atoms with Crippen molar-refractivity contribution in [1.82, 2.24) is 15.1 Å². The number of rotatable bonds is 7. The second kappa shape index (κ2) is 7.21. The Morgan fingerprint density at radius 2 is 2.15 bits per heavy atom. The Kier molecular flexibility index (Phi) is 5.84. The van der Waals surface area contributed by atoms with Crippen LogP contribution in [-0.2, 0) is 0 Å². The molecule has 3 atom stereocenters. The van der Waals surface area contributed by atoms with Crippen molar-refractivity contribution in [3.05, 3.63) is 0 Å². The highest BCUT2D eigenvalue weighted by Gasteiger charge is 2.40. The van der Waals surface area contributed by atoms with Crippen molar-refractivity contribution < 1.29 is 5.11 Å². The third kappa shape index (κ3) is 3.53. The molecule has 2 N–H and O–H groups in total. The third-order valence-electron chi connectivity index (χ3n) is 5.46. The van der Waals surface area contributed by atoms with E-state index in [-0.39, 0.29) is 12.1 Å². The Morgan fingerprint density at radius 1 is 1.35 bits per heavy atom. The van der Waals surface area contributed by atoms with Gasteiger partial charge in [0.05, 0.1) is 6.61 Å². The number of likely N-dealkylation sites (N-methyl/N-ethyl adjacent to an activating group) is 3. The first-order valence-electron chi connectivity index (χ1n) is 8.44. The van der Waals surface area contributed by atoms with Gasteiger partial charge in [0.25, 0.3) is 0 Å². The maximum absolute atomic E-state index is 9.72. The van der Waals surface area contributed by atoms with Crippen molar-refractivity contribution in [3.8, 4) is 0 Å². The van der Waals surface area contributed by atoms with Crippen LogP contribution in [0.25, 0.3) is 0 Å². The number of aliphatic hydroxyl groups is 1. The summed E-state index contributed by atoms with van der Waals surface area (Å²) in [6.07, 6.45) is 6.11. The van der Waals surface area contributed by atoms with Gasteiger partial charge in [0.15, 0.2) is 0 Å². The molecule has 0 aromatic rings. The van der Waals surface area contributed by atoms with Crippen molar-refractivity contribution in [2.24, 2.45) is 0 Å². The Labute approximate surface area is 124 Å². The van der Waals surface area contributed by atoms with E-state index in [4.69, 9.17) is 0 Å². The van der Waals surface area contributed by atoms with Crippen molar-refractivity contribution in [1.29, 1.82) is 0 Å². The van der Waals surface area contributed by atoms with Gasteiger partial charge in [-0.1, -0.05) is 13.8 Å². The topological polar surface area (TPSA) is 38.7 Å². The van der Waals surface area contributed by atoms with Crippen LogP contribution in [0.15, 0.2) is 0 Å². The number of likely N-dealkylation sites (tertiary alicyclic amines) is 1. The first-order valence-corrected chi connectivity index (χ1v) is 8.44. The van der Waals surface area contributed by atoms with Crippen LogP contribution in [0, 0.1) is 0 Å². The summed E-state index contributed by atoms with van der Waals surface area (Å²) >= 11 is 0. The van der Waals surface area contributed by atoms with E-state index in [2.05, 4.69) is 36.0 Å². The van der Waals surface area contributed by atoms with Crippen molar-refractivity contribution in [2.45, 2.75) is 63.6 Å². The van der Waals surface area contributed by atoms with Gasteiger partial charge in [0.2, 0.25) is 0 Å². The zero-order chi connectivity index (χ0) is 14.6. The van der Waals surface area contributed by atoms with Crippen LogP contribution in [-0.4, -0.2) is 72.4 Å². The van der Waals surface area contributed by atoms with E-state index in [9.17, 15) is 5.11 Å². The first kappa shape index (κ1) is 16.2. The lowest BCUT2D eigenvalue weighted by atomic mass is 9.98. The maximum Gasteiger partial charge on any atom is 0.0613 e. The molecule has 0 radical (unpaired) electrons. The summed E-state index contributed by atoms with van der Waals surface area (Å²) in [5.41, 5.74) is -0.0200. The Bertz CT molecular complexity index is 299. The van der Waals surface area contributed by atoms with E-state index >= 15 is 0 Å². The lowest BCUT2D eigenvalue weighted by molar-refractivity contribution is 0.137. The van der Waals surface area contributed by atoms with Crippen LogP contribution >= 0.6 is 0 Å². The predicted octanol–water partition coefficient (Wildman–Crippen LogP) is 1.30. The van der Waals surface area contributed by atoms with E-state index < -0.39 is 0 Å². The summed E-state index contributed by atoms with van der Waals surface area (Å²) in [6, 6.07) is 1.37. The normalized spacial score (nSPS) is 35.2. The fourth-order valence-corrected chi connectivity index (χ4v) is 4.21. The minimum Gasteiger partial charge on any atom is -0.394 e. The fraction of sp³-hybridized carbons (Fsp3) is 1.00. The Balaban J connectivity index is 1.86. The predicted molar refractivity (Wildman–Crippen MR) is 84.0 cm³/mol. The van der Waals surface area contributed by atoms with Gasteiger partial charge in [0.1, 0.15) is 0 Å². The van der Waals surface area contributed by atoms with Gasteiger partial charge in [-0.25, -0.2) is 0 Å². The Hall–Kier alpha value is -0.160. The van der Waals surface area contributed by atoms with Crippen LogP contribution in [0.3, 0.4) is 0 Å². The van der Waals surface area contributed by atoms with Gasteiger partial charge >= 0.3 is 0 Å². The molecule has 1 saturated heterocycles. The molecule has 1 saturated carbocycles. The van der Waals surface area contributed by atoms with Crippen LogP contribution in [0.2, 0.25) is 0 Å². The SMILES string of the molecule is CCNC1(CO)CCC(N(C)CC2CCCN2CC)C1. The first-order chi connectivity index (χ1) is 9.64. The quantitative estimate of drug-likeness (QED) is 0.739. The number of nitrogens with one attached hydrogen (secondary N) is 1. The Morgan fingerprint density at radius 3 is 2.80 bits per heavy atom. The largest absolute Gasteiger partial charge is 0.394 e. The summed E-state index contributed by atoms with van der Waals surface area (Å²) in [4.78, 5) is 5.17. The molecule has 20 heavy (non-hydrogen) atoms. The maximum atomic E-state index is 9.72. The molecule has 1 aliphatic carbocycles. The monoisotopic (exact) mass is 283 g/mol. The van der Waals surface area contributed by atoms with Gasteiger partial charge in [0, 0.05) is 24.2 Å². The number of aliphatic hydroxyl groups excluding tert-OH is 1. The number of hydrogen-bond acceptors (Lipinski definition) is 4. The molecule has 2 rings (SSSR count). The average Bonchev–Trinajstić information content (AvgIpc) is 3.06. The molecule has 4 nitrogen and oxygen atoms in total. The summed E-state index contributed by atoms with van der Waals surface area (Å²) in [7, 11) is 2.27. The van der Waals surface area contributed by atoms with E-state index in [1.165, 1.54) is 38.9 Å². The molecular weight excluding hydrogens is 250 g/mol. The second-order valence-corrected chi connectivity index (χ2v) is 6.73. The minimum atomic E-state index is -0.0200. The lowest BCUT2D eigenvalue weighted by Gasteiger charge is -2.33. The molecule has 1 heterocycles. The van der Waals surface area contributed by atoms with Crippen LogP contribution < -0.4 is 5.32 Å². The zero-order valence-corrected chi connectivity index (χ0v) is 13.6. The summed E-state index contributed by atoms with van der Waals surface area (Å²) in [5, 5.41) is 13.2. The minimum absolute atomic E-state index is 0.0200. The highest BCUT2D eigenvalue weighted by Crippen LogP contribution is 2.33. The summed E-state index contributed by atoms with van der Waals surface area (Å²) in [6.45, 7) is 9.27. The molecule has 0 aromatic heterocycles. The highest BCUT2D eigenvalue weighted by molar-refractivity contribution is 4.99. The van der Waals surface area contributed by atoms with E-state index in [1.54, 1.807) is 0 Å². The molecule has 4 heteroatoms. The molecule has 0 bridgehead atoms. The standard InChI is InChI=1S/C16H33N3O/c1-4-17-16(13-20)9-8-14(11-16)18(3)12-15-7-6-10-19(15)5-2/h14-15,17,20H,4-13H2,1-3H3. The molecular formula is C16H33N3O. The molecule has 1 aliphatic heterocycles. The fourth-order valence-electron chi connectivity index (χ4n) is 4.21. The molecule has 0 spiro atoms. The molecule has 0 amide bonds. The second-order valence-electron chi connectivity index (χ2n) is 6.73. The van der Waals surface area contributed by atoms with Gasteiger partial charge in [-0.05, 0) is 58.8 Å². The van der Waals surface area contributed by atoms with Gasteiger partial charge < -0.3 is 15.3 Å². The van der Waals surface area contributed by atoms with Gasteiger partial charge in [-0.15, -0.1) is 0 Å². The molecule has 118 valence electrons. The van der Waals surface area contributed by atoms with E-state index in [0.29, 0.717) is 6.04 Å². The lowest BCUT2D eigenvalue weighted by Crippen LogP contribution is -2.48. The summed E-state index contributed by atoms with van der Waals surface area (Å²) in [5.74, 6) is 0. The van der Waals surface area contributed by atoms with Crippen LogP contribution in [0.5, 0.6) is 0 Å². The number of hydrogen-bond donors (Lipinski definition) is 2. The molecule has 2 aliphatic rings. The van der Waals surface area contributed by atoms with Crippen LogP contribution in [0.4, 0.5) is 0 Å². The van der Waals surface area contributed by atoms with E-state index in [0.717, 1.165) is 25.4 Å².